The minimum atomic E-state index is 0.181. The van der Waals surface area contributed by atoms with E-state index in [-0.39, 0.29) is 6.04 Å². The van der Waals surface area contributed by atoms with Crippen molar-refractivity contribution in [2.75, 3.05) is 11.4 Å². The highest BCUT2D eigenvalue weighted by Crippen LogP contribution is 2.33. The van der Waals surface area contributed by atoms with Crippen LogP contribution in [-0.4, -0.2) is 36.4 Å². The van der Waals surface area contributed by atoms with Crippen LogP contribution in [0.2, 0.25) is 0 Å². The summed E-state index contributed by atoms with van der Waals surface area (Å²) in [5, 5.41) is 0. The van der Waals surface area contributed by atoms with Crippen molar-refractivity contribution in [3.63, 3.8) is 0 Å². The van der Waals surface area contributed by atoms with E-state index in [2.05, 4.69) is 34.8 Å². The van der Waals surface area contributed by atoms with Gasteiger partial charge in [-0.3, -0.25) is 4.98 Å². The molecule has 1 fully saturated rings. The van der Waals surface area contributed by atoms with Crippen LogP contribution in [0.5, 0.6) is 0 Å². The zero-order valence-electron chi connectivity index (χ0n) is 11.9. The molecule has 0 bridgehead atoms. The summed E-state index contributed by atoms with van der Waals surface area (Å²) in [6, 6.07) is 2.01. The molecule has 1 aliphatic rings. The highest BCUT2D eigenvalue weighted by molar-refractivity contribution is 5.47. The number of anilines is 1. The first kappa shape index (κ1) is 12.9. The van der Waals surface area contributed by atoms with Crippen LogP contribution >= 0.6 is 0 Å². The van der Waals surface area contributed by atoms with Crippen LogP contribution in [0, 0.1) is 0 Å². The van der Waals surface area contributed by atoms with Crippen molar-refractivity contribution in [3.05, 3.63) is 48.9 Å². The lowest BCUT2D eigenvalue weighted by molar-refractivity contribution is 0.675. The first-order valence-corrected chi connectivity index (χ1v) is 7.27. The fraction of sp³-hybridized carbons (Fsp3) is 0.267. The van der Waals surface area contributed by atoms with Crippen LogP contribution in [0.1, 0.15) is 24.6 Å². The fourth-order valence-electron chi connectivity index (χ4n) is 2.79. The predicted octanol–water partition coefficient (Wildman–Crippen LogP) is 2.00. The molecular formula is C15H15N7. The number of H-pyrrole nitrogens is 1. The molecule has 0 saturated carbocycles. The van der Waals surface area contributed by atoms with Crippen molar-refractivity contribution in [3.8, 4) is 11.5 Å². The fourth-order valence-corrected chi connectivity index (χ4v) is 2.79. The molecular weight excluding hydrogens is 278 g/mol. The summed E-state index contributed by atoms with van der Waals surface area (Å²) in [7, 11) is 0. The van der Waals surface area contributed by atoms with Gasteiger partial charge in [0, 0.05) is 31.3 Å². The van der Waals surface area contributed by atoms with Crippen LogP contribution < -0.4 is 4.90 Å². The Balaban J connectivity index is 1.61. The third-order valence-corrected chi connectivity index (χ3v) is 3.82. The zero-order chi connectivity index (χ0) is 14.8. The maximum Gasteiger partial charge on any atom is 0.225 e. The van der Waals surface area contributed by atoms with Gasteiger partial charge < -0.3 is 9.88 Å². The third kappa shape index (κ3) is 2.30. The number of imidazole rings is 1. The van der Waals surface area contributed by atoms with Gasteiger partial charge in [-0.25, -0.2) is 19.9 Å². The van der Waals surface area contributed by atoms with E-state index in [1.807, 2.05) is 12.3 Å². The van der Waals surface area contributed by atoms with Crippen LogP contribution in [-0.2, 0) is 0 Å². The van der Waals surface area contributed by atoms with Crippen LogP contribution in [0.4, 0.5) is 5.95 Å². The lowest BCUT2D eigenvalue weighted by Gasteiger charge is -2.23. The molecule has 1 aliphatic heterocycles. The third-order valence-electron chi connectivity index (χ3n) is 3.82. The molecule has 110 valence electrons. The van der Waals surface area contributed by atoms with Gasteiger partial charge in [-0.1, -0.05) is 0 Å². The number of hydrogen-bond donors (Lipinski definition) is 1. The number of aromatic nitrogens is 6. The van der Waals surface area contributed by atoms with E-state index < -0.39 is 0 Å². The van der Waals surface area contributed by atoms with Crippen molar-refractivity contribution >= 4 is 5.95 Å². The van der Waals surface area contributed by atoms with E-state index in [0.717, 1.165) is 42.5 Å². The molecule has 3 aromatic rings. The van der Waals surface area contributed by atoms with Crippen molar-refractivity contribution < 1.29 is 0 Å². The Morgan fingerprint density at radius 3 is 2.64 bits per heavy atom. The topological polar surface area (TPSA) is 83.5 Å². The minimum absolute atomic E-state index is 0.181. The highest BCUT2D eigenvalue weighted by atomic mass is 15.3. The molecule has 0 aliphatic carbocycles. The van der Waals surface area contributed by atoms with Gasteiger partial charge in [0.15, 0.2) is 5.82 Å². The summed E-state index contributed by atoms with van der Waals surface area (Å²) in [5.74, 6) is 1.48. The smallest absolute Gasteiger partial charge is 0.225 e. The number of aromatic amines is 1. The van der Waals surface area contributed by atoms with Crippen LogP contribution in [0.25, 0.3) is 11.5 Å². The summed E-state index contributed by atoms with van der Waals surface area (Å²) in [6.07, 6.45) is 12.7. The van der Waals surface area contributed by atoms with Gasteiger partial charge in [-0.2, -0.15) is 0 Å². The van der Waals surface area contributed by atoms with Crippen molar-refractivity contribution in [1.29, 1.82) is 0 Å². The number of rotatable bonds is 3. The predicted molar refractivity (Wildman–Crippen MR) is 81.0 cm³/mol. The van der Waals surface area contributed by atoms with Crippen molar-refractivity contribution in [2.45, 2.75) is 18.9 Å². The molecule has 1 N–H and O–H groups in total. The van der Waals surface area contributed by atoms with Crippen LogP contribution in [0.15, 0.2) is 43.2 Å². The van der Waals surface area contributed by atoms with Crippen LogP contribution in [0.3, 0.4) is 0 Å². The first-order chi connectivity index (χ1) is 10.9. The van der Waals surface area contributed by atoms with E-state index in [1.165, 1.54) is 0 Å². The molecule has 4 heterocycles. The second-order valence-corrected chi connectivity index (χ2v) is 5.16. The summed E-state index contributed by atoms with van der Waals surface area (Å²) in [5.41, 5.74) is 1.69. The summed E-state index contributed by atoms with van der Waals surface area (Å²) in [4.78, 5) is 27.1. The molecule has 22 heavy (non-hydrogen) atoms. The second kappa shape index (κ2) is 5.51. The summed E-state index contributed by atoms with van der Waals surface area (Å²) in [6.45, 7) is 0.941. The largest absolute Gasteiger partial charge is 0.343 e. The highest BCUT2D eigenvalue weighted by Gasteiger charge is 2.29. The SMILES string of the molecule is c1cnc(N2CCCC2c2cnc(-c3ncc[nH]3)cn2)nc1. The molecule has 4 rings (SSSR count). The van der Waals surface area contributed by atoms with Crippen molar-refractivity contribution in [1.82, 2.24) is 29.9 Å². The minimum Gasteiger partial charge on any atom is -0.343 e. The summed E-state index contributed by atoms with van der Waals surface area (Å²) >= 11 is 0. The Hall–Kier alpha value is -2.83. The quantitative estimate of drug-likeness (QED) is 0.795. The van der Waals surface area contributed by atoms with E-state index in [4.69, 9.17) is 0 Å². The lowest BCUT2D eigenvalue weighted by Crippen LogP contribution is -2.25. The molecule has 1 saturated heterocycles. The van der Waals surface area contributed by atoms with E-state index in [1.54, 1.807) is 31.0 Å². The maximum absolute atomic E-state index is 4.57. The van der Waals surface area contributed by atoms with E-state index >= 15 is 0 Å². The monoisotopic (exact) mass is 293 g/mol. The van der Waals surface area contributed by atoms with Gasteiger partial charge in [0.1, 0.15) is 5.69 Å². The normalized spacial score (nSPS) is 17.8. The molecule has 0 radical (unpaired) electrons. The molecule has 1 unspecified atom stereocenters. The van der Waals surface area contributed by atoms with Gasteiger partial charge in [-0.05, 0) is 18.9 Å². The zero-order valence-corrected chi connectivity index (χ0v) is 11.9. The molecule has 0 amide bonds. The Bertz CT molecular complexity index is 724. The van der Waals surface area contributed by atoms with Gasteiger partial charge in [0.05, 0.1) is 24.1 Å². The maximum atomic E-state index is 4.57. The molecule has 7 heteroatoms. The van der Waals surface area contributed by atoms with Gasteiger partial charge >= 0.3 is 0 Å². The number of hydrogen-bond acceptors (Lipinski definition) is 6. The van der Waals surface area contributed by atoms with E-state index in [0.29, 0.717) is 0 Å². The number of nitrogens with one attached hydrogen (secondary N) is 1. The lowest BCUT2D eigenvalue weighted by atomic mass is 10.1. The van der Waals surface area contributed by atoms with Gasteiger partial charge in [0.2, 0.25) is 5.95 Å². The van der Waals surface area contributed by atoms with E-state index in [9.17, 15) is 0 Å². The molecule has 0 aromatic carbocycles. The molecule has 0 spiro atoms. The first-order valence-electron chi connectivity index (χ1n) is 7.27. The van der Waals surface area contributed by atoms with Gasteiger partial charge in [-0.15, -0.1) is 0 Å². The van der Waals surface area contributed by atoms with Crippen molar-refractivity contribution in [2.24, 2.45) is 0 Å². The molecule has 3 aromatic heterocycles. The Morgan fingerprint density at radius 1 is 1.00 bits per heavy atom. The Kier molecular flexibility index (Phi) is 3.23. The Labute approximate surface area is 127 Å². The summed E-state index contributed by atoms with van der Waals surface area (Å²) < 4.78 is 0. The van der Waals surface area contributed by atoms with Gasteiger partial charge in [0.25, 0.3) is 0 Å². The molecule has 7 nitrogen and oxygen atoms in total. The average Bonchev–Trinajstić information content (AvgIpc) is 3.28. The molecule has 1 atom stereocenters. The second-order valence-electron chi connectivity index (χ2n) is 5.16. The average molecular weight is 293 g/mol. The standard InChI is InChI=1S/C15H15N7/c1-3-13(22(8-1)15-18-4-2-5-19-15)11-9-21-12(10-20-11)14-16-6-7-17-14/h2,4-7,9-10,13H,1,3,8H2,(H,16,17). The number of nitrogens with zero attached hydrogens (tertiary/aromatic N) is 6. The Morgan fingerprint density at radius 2 is 1.91 bits per heavy atom.